The lowest BCUT2D eigenvalue weighted by Gasteiger charge is -2.12. The maximum Gasteiger partial charge on any atom is 0.339 e. The standard InChI is InChI=1S/C15H20N4O3S/c1-7-9(12(21)22-6)8(2)16-10(7)11(20)17-14-19-18-13(23-14)15(3,4)5/h16H,1-6H3,(H,17,19,20). The zero-order chi connectivity index (χ0) is 17.4. The van der Waals surface area contributed by atoms with E-state index in [-0.39, 0.29) is 11.3 Å². The number of nitrogens with zero attached hydrogens (tertiary/aromatic N) is 2. The van der Waals surface area contributed by atoms with Crippen molar-refractivity contribution in [1.29, 1.82) is 0 Å². The molecule has 0 atom stereocenters. The van der Waals surface area contributed by atoms with Crippen LogP contribution in [0.1, 0.15) is 57.9 Å². The Morgan fingerprint density at radius 3 is 2.39 bits per heavy atom. The van der Waals surface area contributed by atoms with Gasteiger partial charge in [0.25, 0.3) is 5.91 Å². The summed E-state index contributed by atoms with van der Waals surface area (Å²) in [5.41, 5.74) is 1.71. The number of aromatic nitrogens is 3. The minimum Gasteiger partial charge on any atom is -0.465 e. The van der Waals surface area contributed by atoms with Gasteiger partial charge in [-0.2, -0.15) is 0 Å². The van der Waals surface area contributed by atoms with Gasteiger partial charge in [0, 0.05) is 11.1 Å². The van der Waals surface area contributed by atoms with Gasteiger partial charge in [-0.05, 0) is 19.4 Å². The molecule has 124 valence electrons. The largest absolute Gasteiger partial charge is 0.465 e. The summed E-state index contributed by atoms with van der Waals surface area (Å²) in [6, 6.07) is 0. The molecule has 0 fully saturated rings. The van der Waals surface area contributed by atoms with Crippen LogP contribution in [-0.4, -0.2) is 34.2 Å². The molecule has 0 radical (unpaired) electrons. The van der Waals surface area contributed by atoms with Crippen molar-refractivity contribution >= 4 is 28.3 Å². The van der Waals surface area contributed by atoms with E-state index in [1.807, 2.05) is 20.8 Å². The monoisotopic (exact) mass is 336 g/mol. The van der Waals surface area contributed by atoms with Gasteiger partial charge in [-0.3, -0.25) is 10.1 Å². The molecule has 2 rings (SSSR count). The predicted molar refractivity (Wildman–Crippen MR) is 88.2 cm³/mol. The van der Waals surface area contributed by atoms with Crippen molar-refractivity contribution in [2.45, 2.75) is 40.0 Å². The summed E-state index contributed by atoms with van der Waals surface area (Å²) in [6.45, 7) is 9.50. The Morgan fingerprint density at radius 2 is 1.87 bits per heavy atom. The van der Waals surface area contributed by atoms with Gasteiger partial charge in [-0.15, -0.1) is 10.2 Å². The number of nitrogens with one attached hydrogen (secondary N) is 2. The van der Waals surface area contributed by atoms with E-state index in [1.165, 1.54) is 18.4 Å². The summed E-state index contributed by atoms with van der Waals surface area (Å²) >= 11 is 1.33. The average molecular weight is 336 g/mol. The zero-order valence-corrected chi connectivity index (χ0v) is 14.8. The molecule has 2 heterocycles. The summed E-state index contributed by atoms with van der Waals surface area (Å²) in [7, 11) is 1.31. The lowest BCUT2D eigenvalue weighted by atomic mass is 9.98. The number of rotatable bonds is 3. The van der Waals surface area contributed by atoms with Crippen LogP contribution < -0.4 is 5.32 Å². The summed E-state index contributed by atoms with van der Waals surface area (Å²) < 4.78 is 4.74. The molecule has 2 N–H and O–H groups in total. The smallest absolute Gasteiger partial charge is 0.339 e. The van der Waals surface area contributed by atoms with E-state index in [9.17, 15) is 9.59 Å². The second-order valence-electron chi connectivity index (χ2n) is 6.23. The molecule has 0 saturated carbocycles. The fourth-order valence-electron chi connectivity index (χ4n) is 2.12. The van der Waals surface area contributed by atoms with Crippen molar-refractivity contribution in [3.63, 3.8) is 0 Å². The first-order chi connectivity index (χ1) is 10.6. The summed E-state index contributed by atoms with van der Waals surface area (Å²) in [5.74, 6) is -0.835. The Hall–Kier alpha value is -2.22. The highest BCUT2D eigenvalue weighted by Crippen LogP contribution is 2.28. The third kappa shape index (κ3) is 3.42. The lowest BCUT2D eigenvalue weighted by molar-refractivity contribution is 0.0599. The van der Waals surface area contributed by atoms with E-state index < -0.39 is 5.97 Å². The van der Waals surface area contributed by atoms with E-state index in [0.717, 1.165) is 5.01 Å². The molecule has 23 heavy (non-hydrogen) atoms. The Balaban J connectivity index is 2.25. The van der Waals surface area contributed by atoms with Crippen LogP contribution in [0.4, 0.5) is 5.13 Å². The molecule has 1 amide bonds. The van der Waals surface area contributed by atoms with Crippen LogP contribution >= 0.6 is 11.3 Å². The highest BCUT2D eigenvalue weighted by atomic mass is 32.1. The van der Waals surface area contributed by atoms with E-state index >= 15 is 0 Å². The van der Waals surface area contributed by atoms with Gasteiger partial charge in [-0.25, -0.2) is 4.79 Å². The number of hydrogen-bond acceptors (Lipinski definition) is 6. The fourth-order valence-corrected chi connectivity index (χ4v) is 2.92. The Morgan fingerprint density at radius 1 is 1.22 bits per heavy atom. The highest BCUT2D eigenvalue weighted by molar-refractivity contribution is 7.15. The van der Waals surface area contributed by atoms with E-state index in [0.29, 0.717) is 27.6 Å². The van der Waals surface area contributed by atoms with Crippen LogP contribution in [0.3, 0.4) is 0 Å². The second-order valence-corrected chi connectivity index (χ2v) is 7.21. The predicted octanol–water partition coefficient (Wildman–Crippen LogP) is 2.82. The van der Waals surface area contributed by atoms with Crippen molar-refractivity contribution in [3.05, 3.63) is 27.5 Å². The maximum atomic E-state index is 12.4. The van der Waals surface area contributed by atoms with Crippen LogP contribution in [-0.2, 0) is 10.2 Å². The van der Waals surface area contributed by atoms with Gasteiger partial charge < -0.3 is 9.72 Å². The van der Waals surface area contributed by atoms with Crippen LogP contribution in [0.2, 0.25) is 0 Å². The number of anilines is 1. The first-order valence-electron chi connectivity index (χ1n) is 7.08. The number of amides is 1. The van der Waals surface area contributed by atoms with Crippen LogP contribution in [0.25, 0.3) is 0 Å². The van der Waals surface area contributed by atoms with Gasteiger partial charge in [0.15, 0.2) is 0 Å². The van der Waals surface area contributed by atoms with Crippen molar-refractivity contribution in [2.75, 3.05) is 12.4 Å². The summed E-state index contributed by atoms with van der Waals surface area (Å²) in [6.07, 6.45) is 0. The Labute approximate surface area is 138 Å². The topological polar surface area (TPSA) is 97.0 Å². The Bertz CT molecular complexity index is 755. The van der Waals surface area contributed by atoms with Crippen LogP contribution in [0.5, 0.6) is 0 Å². The van der Waals surface area contributed by atoms with Gasteiger partial charge in [0.1, 0.15) is 10.7 Å². The van der Waals surface area contributed by atoms with Crippen molar-refractivity contribution in [1.82, 2.24) is 15.2 Å². The number of methoxy groups -OCH3 is 1. The molecule has 0 bridgehead atoms. The van der Waals surface area contributed by atoms with Crippen LogP contribution in [0, 0.1) is 13.8 Å². The molecule has 0 unspecified atom stereocenters. The minimum absolute atomic E-state index is 0.127. The normalized spacial score (nSPS) is 11.4. The van der Waals surface area contributed by atoms with Crippen molar-refractivity contribution in [3.8, 4) is 0 Å². The molecule has 0 aliphatic heterocycles. The van der Waals surface area contributed by atoms with E-state index in [2.05, 4.69) is 20.5 Å². The number of carbonyl (C=O) groups excluding carboxylic acids is 2. The zero-order valence-electron chi connectivity index (χ0n) is 14.0. The average Bonchev–Trinajstić information content (AvgIpc) is 3.03. The highest BCUT2D eigenvalue weighted by Gasteiger charge is 2.24. The molecule has 7 nitrogen and oxygen atoms in total. The maximum absolute atomic E-state index is 12.4. The SMILES string of the molecule is COC(=O)c1c(C)[nH]c(C(=O)Nc2nnc(C(C)(C)C)s2)c1C. The molecular formula is C15H20N4O3S. The van der Waals surface area contributed by atoms with Crippen molar-refractivity contribution in [2.24, 2.45) is 0 Å². The number of carbonyl (C=O) groups is 2. The first kappa shape index (κ1) is 17.1. The fraction of sp³-hybridized carbons (Fsp3) is 0.467. The molecule has 0 saturated heterocycles. The number of H-pyrrole nitrogens is 1. The van der Waals surface area contributed by atoms with E-state index in [4.69, 9.17) is 4.74 Å². The second kappa shape index (κ2) is 6.11. The molecule has 0 aliphatic rings. The number of hydrogen-bond donors (Lipinski definition) is 2. The number of aryl methyl sites for hydroxylation is 1. The lowest BCUT2D eigenvalue weighted by Crippen LogP contribution is -2.14. The first-order valence-corrected chi connectivity index (χ1v) is 7.89. The number of esters is 1. The molecule has 2 aromatic heterocycles. The van der Waals surface area contributed by atoms with Gasteiger partial charge >= 0.3 is 5.97 Å². The molecular weight excluding hydrogens is 316 g/mol. The third-order valence-electron chi connectivity index (χ3n) is 3.34. The van der Waals surface area contributed by atoms with Gasteiger partial charge in [-0.1, -0.05) is 32.1 Å². The van der Waals surface area contributed by atoms with Crippen molar-refractivity contribution < 1.29 is 14.3 Å². The molecule has 0 spiro atoms. The Kier molecular flexibility index (Phi) is 4.56. The number of aromatic amines is 1. The van der Waals surface area contributed by atoms with Gasteiger partial charge in [0.2, 0.25) is 5.13 Å². The minimum atomic E-state index is -0.471. The van der Waals surface area contributed by atoms with Crippen LogP contribution in [0.15, 0.2) is 0 Å². The number of ether oxygens (including phenoxy) is 1. The molecule has 8 heteroatoms. The third-order valence-corrected chi connectivity index (χ3v) is 4.61. The quantitative estimate of drug-likeness (QED) is 0.840. The molecule has 0 aliphatic carbocycles. The summed E-state index contributed by atoms with van der Waals surface area (Å²) in [4.78, 5) is 27.1. The summed E-state index contributed by atoms with van der Waals surface area (Å²) in [5, 5.41) is 12.0. The molecule has 0 aromatic carbocycles. The van der Waals surface area contributed by atoms with Gasteiger partial charge in [0.05, 0.1) is 12.7 Å². The molecule has 2 aromatic rings. The van der Waals surface area contributed by atoms with E-state index in [1.54, 1.807) is 13.8 Å².